The highest BCUT2D eigenvalue weighted by Gasteiger charge is 2.34. The maximum absolute atomic E-state index is 11.9. The number of fused-ring (bicyclic) bond motifs is 3. The SMILES string of the molecule is CC(=O)N1C[C@H](C)c2scc(C)[n+]2-c2ccccc21. The van der Waals surface area contributed by atoms with Crippen LogP contribution in [0.3, 0.4) is 0 Å². The van der Waals surface area contributed by atoms with Crippen molar-refractivity contribution in [2.24, 2.45) is 0 Å². The van der Waals surface area contributed by atoms with Gasteiger partial charge in [-0.3, -0.25) is 4.79 Å². The minimum atomic E-state index is 0.104. The molecule has 0 fully saturated rings. The fourth-order valence-corrected chi connectivity index (χ4v) is 3.75. The summed E-state index contributed by atoms with van der Waals surface area (Å²) in [5.74, 6) is 0.447. The Kier molecular flexibility index (Phi) is 2.90. The Hall–Kier alpha value is -1.68. The maximum Gasteiger partial charge on any atom is 0.248 e. The minimum absolute atomic E-state index is 0.104. The molecule has 3 nitrogen and oxygen atoms in total. The number of aromatic nitrogens is 1. The van der Waals surface area contributed by atoms with Crippen molar-refractivity contribution < 1.29 is 9.36 Å². The lowest BCUT2D eigenvalue weighted by molar-refractivity contribution is -0.605. The number of aryl methyl sites for hydroxylation is 1. The van der Waals surface area contributed by atoms with Crippen LogP contribution in [0.25, 0.3) is 5.69 Å². The van der Waals surface area contributed by atoms with Gasteiger partial charge >= 0.3 is 0 Å². The molecule has 0 saturated carbocycles. The van der Waals surface area contributed by atoms with Crippen molar-refractivity contribution in [3.05, 3.63) is 40.3 Å². The molecule has 3 rings (SSSR count). The van der Waals surface area contributed by atoms with E-state index >= 15 is 0 Å². The van der Waals surface area contributed by atoms with Crippen LogP contribution in [-0.2, 0) is 4.79 Å². The predicted octanol–water partition coefficient (Wildman–Crippen LogP) is 2.80. The van der Waals surface area contributed by atoms with E-state index in [4.69, 9.17) is 0 Å². The first-order chi connectivity index (χ1) is 9.09. The van der Waals surface area contributed by atoms with Gasteiger partial charge in [0, 0.05) is 26.5 Å². The van der Waals surface area contributed by atoms with Crippen LogP contribution in [0.2, 0.25) is 0 Å². The molecule has 1 atom stereocenters. The minimum Gasteiger partial charge on any atom is -0.306 e. The van der Waals surface area contributed by atoms with Crippen LogP contribution in [0.5, 0.6) is 0 Å². The first-order valence-corrected chi connectivity index (χ1v) is 7.35. The van der Waals surface area contributed by atoms with Gasteiger partial charge in [-0.1, -0.05) is 23.5 Å². The number of carbonyl (C=O) groups is 1. The average Bonchev–Trinajstić information content (AvgIpc) is 2.71. The maximum atomic E-state index is 11.9. The van der Waals surface area contributed by atoms with Crippen LogP contribution in [0, 0.1) is 6.92 Å². The number of carbonyl (C=O) groups excluding carboxylic acids is 1. The molecule has 2 heterocycles. The molecule has 1 aliphatic heterocycles. The topological polar surface area (TPSA) is 24.2 Å². The molecule has 0 aliphatic carbocycles. The van der Waals surface area contributed by atoms with Crippen molar-refractivity contribution in [3.8, 4) is 5.69 Å². The van der Waals surface area contributed by atoms with Crippen molar-refractivity contribution in [1.82, 2.24) is 0 Å². The smallest absolute Gasteiger partial charge is 0.248 e. The Morgan fingerprint density at radius 3 is 2.89 bits per heavy atom. The molecule has 0 unspecified atom stereocenters. The molecule has 19 heavy (non-hydrogen) atoms. The standard InChI is InChI=1S/C15H17N2OS/c1-10-8-16(12(3)18)13-6-4-5-7-14(13)17-11(2)9-19-15(10)17/h4-7,9-10H,8H2,1-3H3/q+1/t10-/m0/s1. The number of para-hydroxylation sites is 2. The van der Waals surface area contributed by atoms with Crippen molar-refractivity contribution in [1.29, 1.82) is 0 Å². The van der Waals surface area contributed by atoms with Crippen LogP contribution in [0.4, 0.5) is 5.69 Å². The average molecular weight is 273 g/mol. The number of nitrogens with zero attached hydrogens (tertiary/aromatic N) is 2. The van der Waals surface area contributed by atoms with Crippen molar-refractivity contribution in [3.63, 3.8) is 0 Å². The Morgan fingerprint density at radius 2 is 2.16 bits per heavy atom. The van der Waals surface area contributed by atoms with Gasteiger partial charge in [-0.2, -0.15) is 0 Å². The lowest BCUT2D eigenvalue weighted by atomic mass is 10.2. The number of hydrogen-bond acceptors (Lipinski definition) is 2. The van der Waals surface area contributed by atoms with Gasteiger partial charge in [-0.15, -0.1) is 4.57 Å². The fraction of sp³-hybridized carbons (Fsp3) is 0.333. The number of amides is 1. The third-order valence-corrected chi connectivity index (χ3v) is 4.88. The van der Waals surface area contributed by atoms with E-state index in [2.05, 4.69) is 29.9 Å². The molecule has 1 amide bonds. The van der Waals surface area contributed by atoms with Gasteiger partial charge in [0.2, 0.25) is 16.6 Å². The number of benzene rings is 1. The summed E-state index contributed by atoms with van der Waals surface area (Å²) in [6, 6.07) is 8.14. The molecule has 4 heteroatoms. The normalized spacial score (nSPS) is 17.6. The summed E-state index contributed by atoms with van der Waals surface area (Å²) >= 11 is 1.78. The summed E-state index contributed by atoms with van der Waals surface area (Å²) in [4.78, 5) is 13.8. The molecular formula is C15H17N2OS+. The molecule has 1 aromatic heterocycles. The van der Waals surface area contributed by atoms with E-state index < -0.39 is 0 Å². The van der Waals surface area contributed by atoms with Gasteiger partial charge in [-0.25, -0.2) is 0 Å². The molecule has 1 aromatic carbocycles. The second-order valence-electron chi connectivity index (χ2n) is 5.07. The molecule has 0 saturated heterocycles. The Morgan fingerprint density at radius 1 is 1.42 bits per heavy atom. The summed E-state index contributed by atoms with van der Waals surface area (Å²) in [6.45, 7) is 6.68. The van der Waals surface area contributed by atoms with Crippen molar-refractivity contribution >= 4 is 22.9 Å². The molecular weight excluding hydrogens is 256 g/mol. The van der Waals surface area contributed by atoms with E-state index in [-0.39, 0.29) is 5.91 Å². The summed E-state index contributed by atoms with van der Waals surface area (Å²) < 4.78 is 2.29. The van der Waals surface area contributed by atoms with Crippen molar-refractivity contribution in [2.45, 2.75) is 26.7 Å². The van der Waals surface area contributed by atoms with Gasteiger partial charge in [-0.05, 0) is 13.0 Å². The number of rotatable bonds is 0. The molecule has 98 valence electrons. The monoisotopic (exact) mass is 273 g/mol. The van der Waals surface area contributed by atoms with Crippen LogP contribution in [-0.4, -0.2) is 12.5 Å². The summed E-state index contributed by atoms with van der Waals surface area (Å²) in [5.41, 5.74) is 3.34. The zero-order valence-corrected chi connectivity index (χ0v) is 12.2. The van der Waals surface area contributed by atoms with Crippen LogP contribution in [0.15, 0.2) is 29.6 Å². The Balaban J connectivity index is 2.30. The third-order valence-electron chi connectivity index (χ3n) is 3.59. The third kappa shape index (κ3) is 1.87. The summed E-state index contributed by atoms with van der Waals surface area (Å²) in [5, 5.41) is 3.50. The summed E-state index contributed by atoms with van der Waals surface area (Å²) in [6.07, 6.45) is 0. The van der Waals surface area contributed by atoms with E-state index in [1.165, 1.54) is 10.7 Å². The Labute approximate surface area is 117 Å². The largest absolute Gasteiger partial charge is 0.306 e. The molecule has 0 N–H and O–H groups in total. The first kappa shape index (κ1) is 12.4. The highest BCUT2D eigenvalue weighted by molar-refractivity contribution is 7.09. The van der Waals surface area contributed by atoms with E-state index in [1.807, 2.05) is 23.1 Å². The number of anilines is 1. The molecule has 1 aliphatic rings. The second-order valence-corrected chi connectivity index (χ2v) is 5.96. The van der Waals surface area contributed by atoms with Crippen LogP contribution >= 0.6 is 11.3 Å². The fourth-order valence-electron chi connectivity index (χ4n) is 2.70. The lowest BCUT2D eigenvalue weighted by Crippen LogP contribution is -2.36. The lowest BCUT2D eigenvalue weighted by Gasteiger charge is -2.20. The highest BCUT2D eigenvalue weighted by atomic mass is 32.1. The predicted molar refractivity (Wildman–Crippen MR) is 77.0 cm³/mol. The van der Waals surface area contributed by atoms with Crippen LogP contribution < -0.4 is 9.47 Å². The van der Waals surface area contributed by atoms with E-state index in [0.29, 0.717) is 5.92 Å². The highest BCUT2D eigenvalue weighted by Crippen LogP contribution is 2.31. The quantitative estimate of drug-likeness (QED) is 0.677. The Bertz CT molecular complexity index is 647. The number of thiazole rings is 1. The second kappa shape index (κ2) is 4.46. The van der Waals surface area contributed by atoms with Gasteiger partial charge in [0.15, 0.2) is 5.69 Å². The number of hydrogen-bond donors (Lipinski definition) is 0. The summed E-state index contributed by atoms with van der Waals surface area (Å²) in [7, 11) is 0. The molecule has 2 aromatic rings. The van der Waals surface area contributed by atoms with E-state index in [1.54, 1.807) is 18.3 Å². The molecule has 0 bridgehead atoms. The van der Waals surface area contributed by atoms with Gasteiger partial charge < -0.3 is 4.90 Å². The van der Waals surface area contributed by atoms with Gasteiger partial charge in [0.25, 0.3) is 0 Å². The zero-order chi connectivity index (χ0) is 13.6. The van der Waals surface area contributed by atoms with E-state index in [9.17, 15) is 4.79 Å². The molecule has 0 radical (unpaired) electrons. The van der Waals surface area contributed by atoms with E-state index in [0.717, 1.165) is 17.9 Å². The van der Waals surface area contributed by atoms with Gasteiger partial charge in [0.1, 0.15) is 5.69 Å². The van der Waals surface area contributed by atoms with Crippen LogP contribution in [0.1, 0.15) is 30.5 Å². The first-order valence-electron chi connectivity index (χ1n) is 6.47. The molecule has 0 spiro atoms. The van der Waals surface area contributed by atoms with Gasteiger partial charge in [0.05, 0.1) is 11.3 Å². The van der Waals surface area contributed by atoms with Crippen molar-refractivity contribution in [2.75, 3.05) is 11.4 Å². The zero-order valence-electron chi connectivity index (χ0n) is 11.4.